The summed E-state index contributed by atoms with van der Waals surface area (Å²) >= 11 is 7.58. The summed E-state index contributed by atoms with van der Waals surface area (Å²) in [7, 11) is 0. The number of ether oxygens (including phenoxy) is 1. The van der Waals surface area contributed by atoms with E-state index in [1.165, 1.54) is 0 Å². The zero-order valence-corrected chi connectivity index (χ0v) is 12.2. The molecule has 6 heteroatoms. The van der Waals surface area contributed by atoms with Gasteiger partial charge in [0.05, 0.1) is 19.5 Å². The van der Waals surface area contributed by atoms with Crippen molar-refractivity contribution >= 4 is 28.8 Å². The molecule has 1 fully saturated rings. The molecule has 0 radical (unpaired) electrons. The molecule has 3 heterocycles. The molecule has 20 heavy (non-hydrogen) atoms. The van der Waals surface area contributed by atoms with E-state index < -0.39 is 0 Å². The Bertz CT molecular complexity index is 597. The first-order valence-corrected chi connectivity index (χ1v) is 7.55. The van der Waals surface area contributed by atoms with Crippen molar-refractivity contribution in [3.05, 3.63) is 45.7 Å². The zero-order chi connectivity index (χ0) is 13.9. The minimum absolute atomic E-state index is 0.0188. The van der Waals surface area contributed by atoms with Crippen LogP contribution in [0.4, 0.5) is 0 Å². The summed E-state index contributed by atoms with van der Waals surface area (Å²) < 4.78 is 5.66. The Balaban J connectivity index is 1.49. The van der Waals surface area contributed by atoms with E-state index in [0.717, 1.165) is 4.88 Å². The second-order valence-electron chi connectivity index (χ2n) is 4.59. The third-order valence-electron chi connectivity index (χ3n) is 3.11. The molecule has 0 aliphatic carbocycles. The van der Waals surface area contributed by atoms with Gasteiger partial charge in [-0.2, -0.15) is 0 Å². The molecule has 3 rings (SSSR count). The summed E-state index contributed by atoms with van der Waals surface area (Å²) in [5.41, 5.74) is 0. The zero-order valence-electron chi connectivity index (χ0n) is 10.7. The van der Waals surface area contributed by atoms with Gasteiger partial charge < -0.3 is 9.64 Å². The maximum Gasteiger partial charge on any atom is 0.232 e. The Labute approximate surface area is 126 Å². The van der Waals surface area contributed by atoms with Crippen LogP contribution in [-0.2, 0) is 11.2 Å². The van der Waals surface area contributed by atoms with E-state index in [2.05, 4.69) is 4.98 Å². The molecule has 2 aromatic rings. The number of carbonyl (C=O) groups excluding carboxylic acids is 1. The largest absolute Gasteiger partial charge is 0.470 e. The number of hydrogen-bond donors (Lipinski definition) is 0. The van der Waals surface area contributed by atoms with Crippen molar-refractivity contribution < 1.29 is 9.53 Å². The fourth-order valence-electron chi connectivity index (χ4n) is 2.01. The van der Waals surface area contributed by atoms with Crippen molar-refractivity contribution in [1.82, 2.24) is 9.88 Å². The quantitative estimate of drug-likeness (QED) is 0.872. The number of halogens is 1. The highest BCUT2D eigenvalue weighted by atomic mass is 35.5. The number of nitrogens with zero attached hydrogens (tertiary/aromatic N) is 2. The average Bonchev–Trinajstić information content (AvgIpc) is 2.88. The van der Waals surface area contributed by atoms with Crippen LogP contribution < -0.4 is 4.74 Å². The van der Waals surface area contributed by atoms with E-state index in [1.54, 1.807) is 34.6 Å². The summed E-state index contributed by atoms with van der Waals surface area (Å²) in [5, 5.41) is 2.48. The lowest BCUT2D eigenvalue weighted by molar-refractivity contribution is -0.139. The van der Waals surface area contributed by atoms with Crippen LogP contribution >= 0.6 is 22.9 Å². The molecular weight excluding hydrogens is 296 g/mol. The van der Waals surface area contributed by atoms with Crippen molar-refractivity contribution in [3.63, 3.8) is 0 Å². The predicted octanol–water partition coefficient (Wildman–Crippen LogP) is 2.63. The molecule has 1 aliphatic rings. The molecule has 104 valence electrons. The Morgan fingerprint density at radius 2 is 2.30 bits per heavy atom. The third kappa shape index (κ3) is 2.94. The van der Waals surface area contributed by atoms with Crippen molar-refractivity contribution in [1.29, 1.82) is 0 Å². The fraction of sp³-hybridized carbons (Fsp3) is 0.286. The molecule has 0 bridgehead atoms. The van der Waals surface area contributed by atoms with Crippen LogP contribution in [0.1, 0.15) is 4.88 Å². The fourth-order valence-corrected chi connectivity index (χ4v) is 2.87. The molecule has 2 aromatic heterocycles. The van der Waals surface area contributed by atoms with E-state index in [1.807, 2.05) is 17.5 Å². The van der Waals surface area contributed by atoms with Gasteiger partial charge in [-0.3, -0.25) is 4.79 Å². The Morgan fingerprint density at radius 3 is 3.00 bits per heavy atom. The first-order chi connectivity index (χ1) is 9.72. The number of amides is 1. The maximum absolute atomic E-state index is 12.0. The van der Waals surface area contributed by atoms with Gasteiger partial charge in [-0.25, -0.2) is 4.98 Å². The molecule has 0 aromatic carbocycles. The minimum atomic E-state index is -0.0188. The van der Waals surface area contributed by atoms with Gasteiger partial charge in [-0.15, -0.1) is 11.3 Å². The monoisotopic (exact) mass is 308 g/mol. The number of likely N-dealkylation sites (tertiary alicyclic amines) is 1. The Hall–Kier alpha value is -1.59. The molecule has 1 aliphatic heterocycles. The van der Waals surface area contributed by atoms with Gasteiger partial charge >= 0.3 is 0 Å². The van der Waals surface area contributed by atoms with E-state index in [0.29, 0.717) is 30.4 Å². The van der Waals surface area contributed by atoms with Crippen LogP contribution in [0.3, 0.4) is 0 Å². The first-order valence-electron chi connectivity index (χ1n) is 6.29. The predicted molar refractivity (Wildman–Crippen MR) is 78.3 cm³/mol. The smallest absolute Gasteiger partial charge is 0.232 e. The van der Waals surface area contributed by atoms with Gasteiger partial charge in [0, 0.05) is 11.1 Å². The SMILES string of the molecule is O=C(Cc1cccs1)N1CC(Oc2ncccc2Cl)C1. The van der Waals surface area contributed by atoms with Gasteiger partial charge in [0.15, 0.2) is 0 Å². The molecule has 4 nitrogen and oxygen atoms in total. The van der Waals surface area contributed by atoms with Gasteiger partial charge in [0.1, 0.15) is 11.1 Å². The molecule has 0 N–H and O–H groups in total. The van der Waals surface area contributed by atoms with Crippen molar-refractivity contribution in [2.45, 2.75) is 12.5 Å². The van der Waals surface area contributed by atoms with Crippen molar-refractivity contribution in [2.24, 2.45) is 0 Å². The lowest BCUT2D eigenvalue weighted by atomic mass is 10.1. The normalized spacial score (nSPS) is 14.9. The van der Waals surface area contributed by atoms with Crippen LogP contribution in [-0.4, -0.2) is 35.0 Å². The summed E-state index contributed by atoms with van der Waals surface area (Å²) in [5.74, 6) is 0.573. The number of pyridine rings is 1. The second-order valence-corrected chi connectivity index (χ2v) is 6.02. The minimum Gasteiger partial charge on any atom is -0.470 e. The molecule has 0 spiro atoms. The van der Waals surface area contributed by atoms with Gasteiger partial charge in [0.2, 0.25) is 11.8 Å². The van der Waals surface area contributed by atoms with E-state index >= 15 is 0 Å². The Morgan fingerprint density at radius 1 is 1.45 bits per heavy atom. The molecule has 0 unspecified atom stereocenters. The lowest BCUT2D eigenvalue weighted by Gasteiger charge is -2.38. The highest BCUT2D eigenvalue weighted by Gasteiger charge is 2.32. The van der Waals surface area contributed by atoms with Crippen molar-refractivity contribution in [3.8, 4) is 5.88 Å². The second kappa shape index (κ2) is 5.81. The number of hydrogen-bond acceptors (Lipinski definition) is 4. The standard InChI is InChI=1S/C14H13ClN2O2S/c15-12-4-1-5-16-14(12)19-10-8-17(9-10)13(18)7-11-3-2-6-20-11/h1-6,10H,7-9H2. The van der Waals surface area contributed by atoms with Crippen LogP contribution in [0.15, 0.2) is 35.8 Å². The topological polar surface area (TPSA) is 42.4 Å². The summed E-state index contributed by atoms with van der Waals surface area (Å²) in [6.07, 6.45) is 2.09. The molecular formula is C14H13ClN2O2S. The van der Waals surface area contributed by atoms with Gasteiger partial charge in [-0.1, -0.05) is 17.7 Å². The number of rotatable bonds is 4. The molecule has 1 amide bonds. The van der Waals surface area contributed by atoms with Gasteiger partial charge in [-0.05, 0) is 23.6 Å². The summed E-state index contributed by atoms with van der Waals surface area (Å²) in [6.45, 7) is 1.19. The third-order valence-corrected chi connectivity index (χ3v) is 4.27. The summed E-state index contributed by atoms with van der Waals surface area (Å²) in [4.78, 5) is 19.0. The van der Waals surface area contributed by atoms with E-state index in [-0.39, 0.29) is 12.0 Å². The summed E-state index contributed by atoms with van der Waals surface area (Å²) in [6, 6.07) is 7.43. The van der Waals surface area contributed by atoms with E-state index in [4.69, 9.17) is 16.3 Å². The maximum atomic E-state index is 12.0. The lowest BCUT2D eigenvalue weighted by Crippen LogP contribution is -2.56. The molecule has 1 saturated heterocycles. The molecule has 0 atom stereocenters. The number of aromatic nitrogens is 1. The Kier molecular flexibility index (Phi) is 3.89. The van der Waals surface area contributed by atoms with E-state index in [9.17, 15) is 4.79 Å². The number of carbonyl (C=O) groups is 1. The van der Waals surface area contributed by atoms with Crippen LogP contribution in [0.2, 0.25) is 5.02 Å². The average molecular weight is 309 g/mol. The highest BCUT2D eigenvalue weighted by molar-refractivity contribution is 7.10. The molecule has 0 saturated carbocycles. The highest BCUT2D eigenvalue weighted by Crippen LogP contribution is 2.24. The number of thiophene rings is 1. The van der Waals surface area contributed by atoms with Crippen LogP contribution in [0.5, 0.6) is 5.88 Å². The van der Waals surface area contributed by atoms with Crippen molar-refractivity contribution in [2.75, 3.05) is 13.1 Å². The first kappa shape index (κ1) is 13.4. The van der Waals surface area contributed by atoms with Crippen LogP contribution in [0.25, 0.3) is 0 Å². The van der Waals surface area contributed by atoms with Crippen LogP contribution in [0, 0.1) is 0 Å². The van der Waals surface area contributed by atoms with Gasteiger partial charge in [0.25, 0.3) is 0 Å².